The molecule has 1 amide bonds. The van der Waals surface area contributed by atoms with Crippen LogP contribution in [0.25, 0.3) is 11.3 Å². The standard InChI is InChI=1S/C16H14N4OS/c21-16(13-3-8-18-9-4-13)19-10-5-15-20-14(11-22-15)12-1-6-17-7-2-12/h1-4,6-9,11H,5,10H2,(H,19,21). The van der Waals surface area contributed by atoms with Crippen LogP contribution in [0.1, 0.15) is 15.4 Å². The molecule has 3 rings (SSSR count). The largest absolute Gasteiger partial charge is 0.352 e. The predicted molar refractivity (Wildman–Crippen MR) is 85.6 cm³/mol. The molecule has 1 N–H and O–H groups in total. The maximum Gasteiger partial charge on any atom is 0.251 e. The van der Waals surface area contributed by atoms with Crippen LogP contribution >= 0.6 is 11.3 Å². The minimum absolute atomic E-state index is 0.0895. The summed E-state index contributed by atoms with van der Waals surface area (Å²) in [6.45, 7) is 0.560. The van der Waals surface area contributed by atoms with Gasteiger partial charge >= 0.3 is 0 Å². The van der Waals surface area contributed by atoms with Crippen LogP contribution in [0.2, 0.25) is 0 Å². The first-order valence-corrected chi connectivity index (χ1v) is 7.74. The molecule has 3 aromatic heterocycles. The van der Waals surface area contributed by atoms with Crippen LogP contribution < -0.4 is 5.32 Å². The molecule has 110 valence electrons. The van der Waals surface area contributed by atoms with E-state index < -0.39 is 0 Å². The SMILES string of the molecule is O=C(NCCc1nc(-c2ccncc2)cs1)c1ccncc1. The van der Waals surface area contributed by atoms with Crippen LogP contribution in [0.3, 0.4) is 0 Å². The Hall–Kier alpha value is -2.60. The zero-order valence-electron chi connectivity index (χ0n) is 11.8. The molecule has 0 radical (unpaired) electrons. The van der Waals surface area contributed by atoms with Crippen LogP contribution in [0.5, 0.6) is 0 Å². The van der Waals surface area contributed by atoms with Crippen molar-refractivity contribution in [2.24, 2.45) is 0 Å². The minimum Gasteiger partial charge on any atom is -0.352 e. The lowest BCUT2D eigenvalue weighted by Gasteiger charge is -2.03. The zero-order chi connectivity index (χ0) is 15.2. The van der Waals surface area contributed by atoms with Gasteiger partial charge in [-0.1, -0.05) is 0 Å². The van der Waals surface area contributed by atoms with Crippen molar-refractivity contribution in [3.63, 3.8) is 0 Å². The number of nitrogens with one attached hydrogen (secondary N) is 1. The van der Waals surface area contributed by atoms with Gasteiger partial charge in [-0.3, -0.25) is 14.8 Å². The Morgan fingerprint density at radius 3 is 2.45 bits per heavy atom. The summed E-state index contributed by atoms with van der Waals surface area (Å²) in [4.78, 5) is 24.4. The normalized spacial score (nSPS) is 10.4. The van der Waals surface area contributed by atoms with Crippen molar-refractivity contribution in [3.8, 4) is 11.3 Å². The first-order chi connectivity index (χ1) is 10.8. The Kier molecular flexibility index (Phi) is 4.50. The third-order valence-corrected chi connectivity index (χ3v) is 4.00. The molecule has 3 heterocycles. The highest BCUT2D eigenvalue weighted by Gasteiger charge is 2.06. The van der Waals surface area contributed by atoms with Crippen molar-refractivity contribution in [1.82, 2.24) is 20.3 Å². The topological polar surface area (TPSA) is 67.8 Å². The molecule has 0 aliphatic rings. The molecule has 0 aromatic carbocycles. The highest BCUT2D eigenvalue weighted by Crippen LogP contribution is 2.21. The second-order valence-corrected chi connectivity index (χ2v) is 5.55. The van der Waals surface area contributed by atoms with Crippen molar-refractivity contribution in [3.05, 3.63) is 65.0 Å². The van der Waals surface area contributed by atoms with E-state index in [2.05, 4.69) is 20.3 Å². The van der Waals surface area contributed by atoms with Crippen LogP contribution in [0.15, 0.2) is 54.4 Å². The second-order valence-electron chi connectivity index (χ2n) is 4.60. The molecule has 0 atom stereocenters. The first-order valence-electron chi connectivity index (χ1n) is 6.86. The van der Waals surface area contributed by atoms with Gasteiger partial charge in [0.25, 0.3) is 5.91 Å². The molecular formula is C16H14N4OS. The van der Waals surface area contributed by atoms with Crippen molar-refractivity contribution in [2.75, 3.05) is 6.54 Å². The third-order valence-electron chi connectivity index (χ3n) is 3.09. The Morgan fingerprint density at radius 2 is 1.73 bits per heavy atom. The molecule has 5 nitrogen and oxygen atoms in total. The summed E-state index contributed by atoms with van der Waals surface area (Å²) in [5.74, 6) is -0.0895. The van der Waals surface area contributed by atoms with E-state index in [9.17, 15) is 4.79 Å². The summed E-state index contributed by atoms with van der Waals surface area (Å²) >= 11 is 1.60. The Bertz CT molecular complexity index is 743. The molecule has 3 aromatic rings. The Labute approximate surface area is 132 Å². The van der Waals surface area contributed by atoms with Gasteiger partial charge < -0.3 is 5.32 Å². The van der Waals surface area contributed by atoms with E-state index in [0.29, 0.717) is 18.5 Å². The number of hydrogen-bond donors (Lipinski definition) is 1. The van der Waals surface area contributed by atoms with E-state index >= 15 is 0 Å². The van der Waals surface area contributed by atoms with Gasteiger partial charge in [-0.15, -0.1) is 11.3 Å². The van der Waals surface area contributed by atoms with Gasteiger partial charge in [-0.2, -0.15) is 0 Å². The van der Waals surface area contributed by atoms with E-state index in [1.54, 1.807) is 48.3 Å². The van der Waals surface area contributed by atoms with Gasteiger partial charge in [0, 0.05) is 54.3 Å². The fourth-order valence-corrected chi connectivity index (χ4v) is 2.78. The molecule has 0 spiro atoms. The predicted octanol–water partition coefficient (Wildman–Crippen LogP) is 2.57. The summed E-state index contributed by atoms with van der Waals surface area (Å²) in [5.41, 5.74) is 2.62. The smallest absolute Gasteiger partial charge is 0.251 e. The molecule has 22 heavy (non-hydrogen) atoms. The van der Waals surface area contributed by atoms with Crippen molar-refractivity contribution < 1.29 is 4.79 Å². The molecule has 0 aliphatic heterocycles. The average Bonchev–Trinajstić information content (AvgIpc) is 3.05. The van der Waals surface area contributed by atoms with E-state index in [1.165, 1.54) is 0 Å². The van der Waals surface area contributed by atoms with Crippen molar-refractivity contribution in [2.45, 2.75) is 6.42 Å². The number of rotatable bonds is 5. The molecule has 0 saturated carbocycles. The van der Waals surface area contributed by atoms with Gasteiger partial charge in [0.1, 0.15) is 0 Å². The first kappa shape index (κ1) is 14.3. The quantitative estimate of drug-likeness (QED) is 0.786. The number of thiazole rings is 1. The lowest BCUT2D eigenvalue weighted by Crippen LogP contribution is -2.25. The number of pyridine rings is 2. The fraction of sp³-hybridized carbons (Fsp3) is 0.125. The lowest BCUT2D eigenvalue weighted by atomic mass is 10.2. The molecule has 0 saturated heterocycles. The number of nitrogens with zero attached hydrogens (tertiary/aromatic N) is 3. The van der Waals surface area contributed by atoms with E-state index in [1.807, 2.05) is 17.5 Å². The lowest BCUT2D eigenvalue weighted by molar-refractivity contribution is 0.0954. The van der Waals surface area contributed by atoms with E-state index in [0.717, 1.165) is 16.3 Å². The van der Waals surface area contributed by atoms with Gasteiger partial charge in [0.2, 0.25) is 0 Å². The summed E-state index contributed by atoms with van der Waals surface area (Å²) < 4.78 is 0. The minimum atomic E-state index is -0.0895. The average molecular weight is 310 g/mol. The number of carbonyl (C=O) groups excluding carboxylic acids is 1. The molecular weight excluding hydrogens is 296 g/mol. The Morgan fingerprint density at radius 1 is 1.05 bits per heavy atom. The summed E-state index contributed by atoms with van der Waals surface area (Å²) in [6.07, 6.45) is 7.44. The molecule has 0 aliphatic carbocycles. The van der Waals surface area contributed by atoms with Gasteiger partial charge in [-0.05, 0) is 24.3 Å². The van der Waals surface area contributed by atoms with Crippen LogP contribution in [-0.4, -0.2) is 27.4 Å². The summed E-state index contributed by atoms with van der Waals surface area (Å²) in [5, 5.41) is 5.91. The van der Waals surface area contributed by atoms with Gasteiger partial charge in [-0.25, -0.2) is 4.98 Å². The molecule has 0 fully saturated rings. The van der Waals surface area contributed by atoms with Crippen LogP contribution in [0, 0.1) is 0 Å². The van der Waals surface area contributed by atoms with E-state index in [-0.39, 0.29) is 5.91 Å². The maximum atomic E-state index is 11.9. The Balaban J connectivity index is 1.55. The zero-order valence-corrected chi connectivity index (χ0v) is 12.6. The molecule has 6 heteroatoms. The van der Waals surface area contributed by atoms with Crippen molar-refractivity contribution in [1.29, 1.82) is 0 Å². The van der Waals surface area contributed by atoms with Crippen molar-refractivity contribution >= 4 is 17.2 Å². The summed E-state index contributed by atoms with van der Waals surface area (Å²) in [6, 6.07) is 7.26. The number of carbonyl (C=O) groups is 1. The summed E-state index contributed by atoms with van der Waals surface area (Å²) in [7, 11) is 0. The highest BCUT2D eigenvalue weighted by atomic mass is 32.1. The van der Waals surface area contributed by atoms with E-state index in [4.69, 9.17) is 0 Å². The number of amides is 1. The van der Waals surface area contributed by atoms with Gasteiger partial charge in [0.15, 0.2) is 0 Å². The fourth-order valence-electron chi connectivity index (χ4n) is 1.97. The monoisotopic (exact) mass is 310 g/mol. The third kappa shape index (κ3) is 3.53. The van der Waals surface area contributed by atoms with Crippen LogP contribution in [0.4, 0.5) is 0 Å². The number of hydrogen-bond acceptors (Lipinski definition) is 5. The van der Waals surface area contributed by atoms with Crippen LogP contribution in [-0.2, 0) is 6.42 Å². The van der Waals surface area contributed by atoms with Gasteiger partial charge in [0.05, 0.1) is 10.7 Å². The highest BCUT2D eigenvalue weighted by molar-refractivity contribution is 7.09. The molecule has 0 bridgehead atoms. The number of aromatic nitrogens is 3. The molecule has 0 unspecified atom stereocenters. The maximum absolute atomic E-state index is 11.9. The second kappa shape index (κ2) is 6.91.